The maximum Gasteiger partial charge on any atom is 0.163 e. The van der Waals surface area contributed by atoms with Crippen molar-refractivity contribution in [1.82, 2.24) is 10.9 Å². The molecule has 2 rings (SSSR count). The first-order valence-corrected chi connectivity index (χ1v) is 10.2. The van der Waals surface area contributed by atoms with E-state index in [-0.39, 0.29) is 0 Å². The first-order valence-electron chi connectivity index (χ1n) is 7.37. The summed E-state index contributed by atoms with van der Waals surface area (Å²) in [5.41, 5.74) is 3.50. The Bertz CT molecular complexity index is 876. The molecule has 0 amide bonds. The third kappa shape index (κ3) is 3.58. The fourth-order valence-electron chi connectivity index (χ4n) is 2.88. The van der Waals surface area contributed by atoms with Crippen LogP contribution < -0.4 is 22.5 Å². The van der Waals surface area contributed by atoms with Crippen LogP contribution in [0.15, 0.2) is 48.6 Å². The lowest BCUT2D eigenvalue weighted by Crippen LogP contribution is -2.81. The highest BCUT2D eigenvalue weighted by Gasteiger charge is 2.56. The summed E-state index contributed by atoms with van der Waals surface area (Å²) in [4.78, 5) is 0. The van der Waals surface area contributed by atoms with Crippen molar-refractivity contribution in [1.29, 1.82) is 0 Å². The molecule has 2 atom stereocenters. The van der Waals surface area contributed by atoms with Crippen molar-refractivity contribution in [3.8, 4) is 0 Å². The Hall–Kier alpha value is -1.64. The molecular formula is C14H19N4O6S2-. The van der Waals surface area contributed by atoms with Gasteiger partial charge in [0.25, 0.3) is 0 Å². The molecule has 10 nitrogen and oxygen atoms in total. The molecule has 0 radical (unpaired) electrons. The monoisotopic (exact) mass is 403 g/mol. The summed E-state index contributed by atoms with van der Waals surface area (Å²) < 4.78 is 68.7. The van der Waals surface area contributed by atoms with E-state index in [4.69, 9.17) is 5.84 Å². The van der Waals surface area contributed by atoms with Gasteiger partial charge in [-0.2, -0.15) is 0 Å². The number of rotatable bonds is 6. The number of nitrogens with two attached hydrogens (primary N) is 1. The van der Waals surface area contributed by atoms with Crippen molar-refractivity contribution < 1.29 is 31.8 Å². The molecule has 1 aromatic rings. The van der Waals surface area contributed by atoms with E-state index in [1.807, 2.05) is 0 Å². The van der Waals surface area contributed by atoms with Crippen molar-refractivity contribution in [2.45, 2.75) is 16.2 Å². The van der Waals surface area contributed by atoms with Gasteiger partial charge < -0.3 is 9.11 Å². The molecule has 0 saturated heterocycles. The molecule has 0 heterocycles. The van der Waals surface area contributed by atoms with Crippen molar-refractivity contribution in [3.63, 3.8) is 0 Å². The highest BCUT2D eigenvalue weighted by molar-refractivity contribution is 8.05. The standard InChI is InChI=1S/C14H20N4O6S2/c15-17-13(18-16)9-8-12(7-6-11-4-2-1-3-5-11)14(10-13,25(19,20)21)26(22,23)24/h1-9,12,17-18H,10,15-16H2,(H,19,20,21)(H,22,23,24)/p-1/b7-6-/t12-/m1/s1. The Balaban J connectivity index is 2.68. The van der Waals surface area contributed by atoms with E-state index in [1.54, 1.807) is 30.3 Å². The lowest BCUT2D eigenvalue weighted by atomic mass is 9.87. The zero-order chi connectivity index (χ0) is 19.6. The Morgan fingerprint density at radius 1 is 1.15 bits per heavy atom. The zero-order valence-corrected chi connectivity index (χ0v) is 15.2. The van der Waals surface area contributed by atoms with Gasteiger partial charge in [0.15, 0.2) is 4.08 Å². The summed E-state index contributed by atoms with van der Waals surface area (Å²) in [5.74, 6) is 7.19. The van der Waals surface area contributed by atoms with E-state index in [0.29, 0.717) is 5.56 Å². The highest BCUT2D eigenvalue weighted by atomic mass is 32.3. The highest BCUT2D eigenvalue weighted by Crippen LogP contribution is 2.43. The first kappa shape index (κ1) is 20.7. The van der Waals surface area contributed by atoms with Crippen LogP contribution >= 0.6 is 0 Å². The summed E-state index contributed by atoms with van der Waals surface area (Å²) in [6, 6.07) is 8.56. The molecule has 1 aliphatic rings. The van der Waals surface area contributed by atoms with Gasteiger partial charge in [-0.05, 0) is 11.6 Å². The summed E-state index contributed by atoms with van der Waals surface area (Å²) in [7, 11) is -11.2. The normalized spacial score (nSPS) is 26.2. The van der Waals surface area contributed by atoms with Crippen molar-refractivity contribution >= 4 is 26.3 Å². The lowest BCUT2D eigenvalue weighted by Gasteiger charge is -2.48. The quantitative estimate of drug-likeness (QED) is 0.136. The average molecular weight is 403 g/mol. The van der Waals surface area contributed by atoms with Gasteiger partial charge in [-0.1, -0.05) is 48.6 Å². The van der Waals surface area contributed by atoms with Crippen LogP contribution in [0.5, 0.6) is 0 Å². The predicted octanol–water partition coefficient (Wildman–Crippen LogP) is -2.03. The van der Waals surface area contributed by atoms with Crippen molar-refractivity contribution in [2.75, 3.05) is 0 Å². The molecule has 7 N–H and O–H groups in total. The minimum Gasteiger partial charge on any atom is -0.747 e. The lowest BCUT2D eigenvalue weighted by molar-refractivity contribution is -0.463. The van der Waals surface area contributed by atoms with Crippen LogP contribution in [-0.4, -0.2) is 35.7 Å². The van der Waals surface area contributed by atoms with Crippen molar-refractivity contribution in [2.24, 2.45) is 11.8 Å². The van der Waals surface area contributed by atoms with E-state index >= 15 is 0 Å². The van der Waals surface area contributed by atoms with Crippen LogP contribution in [0.3, 0.4) is 0 Å². The minimum absolute atomic E-state index is 0.630. The summed E-state index contributed by atoms with van der Waals surface area (Å²) in [5, 5.41) is 0. The Morgan fingerprint density at radius 3 is 2.19 bits per heavy atom. The molecule has 1 aliphatic carbocycles. The van der Waals surface area contributed by atoms with E-state index in [2.05, 4.69) is 16.7 Å². The van der Waals surface area contributed by atoms with Crippen LogP contribution in [0, 0.1) is 5.92 Å². The fraction of sp³-hybridized carbons (Fsp3) is 0.286. The first-order chi connectivity index (χ1) is 12.0. The van der Waals surface area contributed by atoms with Gasteiger partial charge in [0, 0.05) is 12.3 Å². The van der Waals surface area contributed by atoms with Crippen LogP contribution in [0.1, 0.15) is 12.0 Å². The molecule has 0 saturated carbocycles. The number of allylic oxidation sites excluding steroid dienone is 2. The molecule has 12 heteroatoms. The topological polar surface area (TPSA) is 192 Å². The summed E-state index contributed by atoms with van der Waals surface area (Å²) in [6.07, 6.45) is 4.14. The molecule has 26 heavy (non-hydrogen) atoms. The Morgan fingerprint density at radius 2 is 1.73 bits per heavy atom. The molecule has 0 spiro atoms. The van der Waals surface area contributed by atoms with Gasteiger partial charge in [-0.25, -0.2) is 22.3 Å². The fourth-order valence-corrected chi connectivity index (χ4v) is 5.67. The van der Waals surface area contributed by atoms with E-state index in [0.717, 1.165) is 6.08 Å². The molecular weight excluding hydrogens is 384 g/mol. The largest absolute Gasteiger partial charge is 0.747 e. The molecule has 0 aromatic heterocycles. The molecule has 1 aromatic carbocycles. The van der Waals surface area contributed by atoms with Gasteiger partial charge >= 0.3 is 0 Å². The second kappa shape index (κ2) is 7.17. The molecule has 144 valence electrons. The van der Waals surface area contributed by atoms with E-state index in [1.165, 1.54) is 18.2 Å². The van der Waals surface area contributed by atoms with Gasteiger partial charge in [0.1, 0.15) is 25.9 Å². The van der Waals surface area contributed by atoms with Crippen molar-refractivity contribution in [3.05, 3.63) is 54.1 Å². The maximum atomic E-state index is 12.0. The second-order valence-corrected chi connectivity index (χ2v) is 9.38. The van der Waals surface area contributed by atoms with Gasteiger partial charge in [-0.3, -0.25) is 11.7 Å². The van der Waals surface area contributed by atoms with E-state index < -0.39 is 42.3 Å². The zero-order valence-electron chi connectivity index (χ0n) is 13.5. The molecule has 0 aliphatic heterocycles. The molecule has 0 bridgehead atoms. The second-order valence-electron chi connectivity index (χ2n) is 5.84. The van der Waals surface area contributed by atoms with Gasteiger partial charge in [0.05, 0.1) is 0 Å². The van der Waals surface area contributed by atoms with Crippen LogP contribution in [0.4, 0.5) is 0 Å². The number of quaternary nitrogens is 1. The summed E-state index contributed by atoms with van der Waals surface area (Å²) >= 11 is 0. The SMILES string of the molecule is NN[C@]1(N[NH3+])C=C[C@@H](/C=C\c2ccccc2)C(S(=O)(=O)[O-])(S(=O)(=O)[O-])C1. The number of benzene rings is 1. The van der Waals surface area contributed by atoms with E-state index in [9.17, 15) is 25.9 Å². The van der Waals surface area contributed by atoms with Crippen LogP contribution in [0.25, 0.3) is 6.08 Å². The third-order valence-electron chi connectivity index (χ3n) is 4.34. The van der Waals surface area contributed by atoms with Crippen LogP contribution in [-0.2, 0) is 20.2 Å². The third-order valence-corrected chi connectivity index (χ3v) is 8.09. The number of nitrogens with one attached hydrogen (secondary N) is 2. The smallest absolute Gasteiger partial charge is 0.163 e. The minimum atomic E-state index is -5.61. The summed E-state index contributed by atoms with van der Waals surface area (Å²) in [6.45, 7) is 0. The molecule has 0 fully saturated rings. The van der Waals surface area contributed by atoms with Crippen LogP contribution in [0.2, 0.25) is 0 Å². The Kier molecular flexibility index (Phi) is 5.70. The molecule has 0 unspecified atom stereocenters. The number of hydrogen-bond acceptors (Lipinski definition) is 9. The Labute approximate surface area is 151 Å². The average Bonchev–Trinajstić information content (AvgIpc) is 2.58. The number of hydrazine groups is 1. The van der Waals surface area contributed by atoms with Gasteiger partial charge in [-0.15, -0.1) is 5.43 Å². The predicted molar refractivity (Wildman–Crippen MR) is 90.9 cm³/mol. The number of hydrogen-bond donors (Lipinski definition) is 4. The maximum absolute atomic E-state index is 12.0. The van der Waals surface area contributed by atoms with Gasteiger partial charge in [0.2, 0.25) is 0 Å².